The molecule has 0 spiro atoms. The molecule has 4 nitrogen and oxygen atoms in total. The van der Waals surface area contributed by atoms with Gasteiger partial charge in [-0.05, 0) is 5.56 Å². The Balaban J connectivity index is 3.21. The normalized spacial score (nSPS) is 11.1. The van der Waals surface area contributed by atoms with E-state index in [2.05, 4.69) is 37.3 Å². The number of esters is 1. The van der Waals surface area contributed by atoms with Crippen LogP contribution in [0.1, 0.15) is 11.1 Å². The van der Waals surface area contributed by atoms with Gasteiger partial charge in [0.05, 0.1) is 7.11 Å². The van der Waals surface area contributed by atoms with E-state index in [-0.39, 0.29) is 5.71 Å². The van der Waals surface area contributed by atoms with E-state index in [4.69, 9.17) is 0 Å². The molecule has 1 aromatic carbocycles. The van der Waals surface area contributed by atoms with Crippen LogP contribution >= 0.6 is 22.6 Å². The van der Waals surface area contributed by atoms with Crippen LogP contribution in [0, 0.1) is 0 Å². The third-order valence-corrected chi connectivity index (χ3v) is 2.80. The number of ether oxygens (including phenoxy) is 1. The van der Waals surface area contributed by atoms with Gasteiger partial charge in [-0.15, -0.1) is 0 Å². The molecule has 5 heteroatoms. The summed E-state index contributed by atoms with van der Waals surface area (Å²) in [5, 5.41) is 3.71. The molecule has 0 atom stereocenters. The molecule has 0 N–H and O–H groups in total. The van der Waals surface area contributed by atoms with Crippen LogP contribution in [0.5, 0.6) is 0 Å². The number of hydrogen-bond donors (Lipinski definition) is 0. The minimum Gasteiger partial charge on any atom is -0.464 e. The maximum absolute atomic E-state index is 11.5. The number of rotatable bonds is 4. The smallest absolute Gasteiger partial charge is 0.360 e. The fraction of sp³-hybridized carbons (Fsp3) is 0.273. The van der Waals surface area contributed by atoms with Gasteiger partial charge in [0.1, 0.15) is 7.11 Å². The second-order valence-electron chi connectivity index (χ2n) is 2.90. The molecule has 16 heavy (non-hydrogen) atoms. The third-order valence-electron chi connectivity index (χ3n) is 1.98. The van der Waals surface area contributed by atoms with Crippen molar-refractivity contribution in [3.05, 3.63) is 35.4 Å². The summed E-state index contributed by atoms with van der Waals surface area (Å²) in [6, 6.07) is 7.52. The van der Waals surface area contributed by atoms with Crippen molar-refractivity contribution in [1.29, 1.82) is 0 Å². The fourth-order valence-corrected chi connectivity index (χ4v) is 1.92. The van der Waals surface area contributed by atoms with Crippen LogP contribution in [0.4, 0.5) is 0 Å². The van der Waals surface area contributed by atoms with E-state index >= 15 is 0 Å². The number of carbonyl (C=O) groups is 1. The molecule has 0 amide bonds. The Morgan fingerprint density at radius 1 is 1.38 bits per heavy atom. The van der Waals surface area contributed by atoms with Crippen molar-refractivity contribution < 1.29 is 14.4 Å². The first kappa shape index (κ1) is 13.0. The number of oxime groups is 1. The lowest BCUT2D eigenvalue weighted by Gasteiger charge is -2.07. The van der Waals surface area contributed by atoms with E-state index in [0.717, 1.165) is 15.6 Å². The SMILES string of the molecule is CON=C(C(=O)OC)c1ccccc1CI. The Morgan fingerprint density at radius 2 is 2.06 bits per heavy atom. The minimum atomic E-state index is -0.501. The van der Waals surface area contributed by atoms with E-state index in [1.165, 1.54) is 14.2 Å². The molecule has 1 rings (SSSR count). The predicted molar refractivity (Wildman–Crippen MR) is 69.7 cm³/mol. The van der Waals surface area contributed by atoms with E-state index in [9.17, 15) is 4.79 Å². The Labute approximate surface area is 108 Å². The number of halogens is 1. The molecule has 0 fully saturated rings. The van der Waals surface area contributed by atoms with Crippen molar-refractivity contribution in [2.24, 2.45) is 5.16 Å². The van der Waals surface area contributed by atoms with Gasteiger partial charge >= 0.3 is 5.97 Å². The predicted octanol–water partition coefficient (Wildman–Crippen LogP) is 2.15. The van der Waals surface area contributed by atoms with Gasteiger partial charge < -0.3 is 9.57 Å². The number of benzene rings is 1. The highest BCUT2D eigenvalue weighted by Crippen LogP contribution is 2.14. The first-order valence-corrected chi connectivity index (χ1v) is 6.10. The molecular formula is C11H12INO3. The van der Waals surface area contributed by atoms with E-state index in [1.807, 2.05) is 24.3 Å². The first-order valence-electron chi connectivity index (χ1n) is 4.58. The molecular weight excluding hydrogens is 321 g/mol. The molecule has 0 heterocycles. The summed E-state index contributed by atoms with van der Waals surface area (Å²) in [6.45, 7) is 0. The molecule has 0 unspecified atom stereocenters. The van der Waals surface area contributed by atoms with Crippen molar-refractivity contribution >= 4 is 34.3 Å². The highest BCUT2D eigenvalue weighted by Gasteiger charge is 2.18. The van der Waals surface area contributed by atoms with Crippen LogP contribution in [0.15, 0.2) is 29.4 Å². The largest absolute Gasteiger partial charge is 0.464 e. The summed E-state index contributed by atoms with van der Waals surface area (Å²) in [7, 11) is 2.72. The molecule has 1 aromatic rings. The Morgan fingerprint density at radius 3 is 2.62 bits per heavy atom. The van der Waals surface area contributed by atoms with Gasteiger partial charge in [0.2, 0.25) is 0 Å². The average Bonchev–Trinajstić information content (AvgIpc) is 2.35. The minimum absolute atomic E-state index is 0.192. The van der Waals surface area contributed by atoms with Crippen molar-refractivity contribution in [2.45, 2.75) is 4.43 Å². The number of alkyl halides is 1. The van der Waals surface area contributed by atoms with Crippen LogP contribution in [0.25, 0.3) is 0 Å². The quantitative estimate of drug-likeness (QED) is 0.279. The van der Waals surface area contributed by atoms with Crippen LogP contribution in [-0.4, -0.2) is 25.9 Å². The van der Waals surface area contributed by atoms with Crippen molar-refractivity contribution in [3.63, 3.8) is 0 Å². The summed E-state index contributed by atoms with van der Waals surface area (Å²) in [5.74, 6) is -0.501. The maximum atomic E-state index is 11.5. The number of methoxy groups -OCH3 is 1. The van der Waals surface area contributed by atoms with Gasteiger partial charge in [-0.1, -0.05) is 52.0 Å². The number of nitrogens with zero attached hydrogens (tertiary/aromatic N) is 1. The van der Waals surface area contributed by atoms with Gasteiger partial charge in [0, 0.05) is 9.99 Å². The van der Waals surface area contributed by atoms with Gasteiger partial charge in [-0.3, -0.25) is 0 Å². The average molecular weight is 333 g/mol. The van der Waals surface area contributed by atoms with Crippen LogP contribution in [0.2, 0.25) is 0 Å². The van der Waals surface area contributed by atoms with Gasteiger partial charge in [-0.2, -0.15) is 0 Å². The fourth-order valence-electron chi connectivity index (χ4n) is 1.25. The summed E-state index contributed by atoms with van der Waals surface area (Å²) in [5.41, 5.74) is 1.95. The zero-order chi connectivity index (χ0) is 12.0. The summed E-state index contributed by atoms with van der Waals surface area (Å²) < 4.78 is 5.45. The maximum Gasteiger partial charge on any atom is 0.360 e. The molecule has 0 aromatic heterocycles. The molecule has 0 saturated heterocycles. The van der Waals surface area contributed by atoms with Gasteiger partial charge in [-0.25, -0.2) is 4.79 Å². The Hall–Kier alpha value is -1.11. The number of hydrogen-bond acceptors (Lipinski definition) is 4. The van der Waals surface area contributed by atoms with Crippen LogP contribution < -0.4 is 0 Å². The summed E-state index contributed by atoms with van der Waals surface area (Å²) >= 11 is 2.23. The lowest BCUT2D eigenvalue weighted by atomic mass is 10.0. The van der Waals surface area contributed by atoms with Crippen LogP contribution in [0.3, 0.4) is 0 Å². The Bertz CT molecular complexity index is 404. The topological polar surface area (TPSA) is 47.9 Å². The molecule has 86 valence electrons. The molecule has 0 aliphatic carbocycles. The first-order chi connectivity index (χ1) is 7.74. The zero-order valence-electron chi connectivity index (χ0n) is 9.07. The summed E-state index contributed by atoms with van der Waals surface area (Å²) in [4.78, 5) is 16.2. The number of carbonyl (C=O) groups excluding carboxylic acids is 1. The Kier molecular flexibility index (Phi) is 5.24. The van der Waals surface area contributed by atoms with Crippen molar-refractivity contribution in [1.82, 2.24) is 0 Å². The molecule has 0 radical (unpaired) electrons. The van der Waals surface area contributed by atoms with E-state index < -0.39 is 5.97 Å². The van der Waals surface area contributed by atoms with E-state index in [0.29, 0.717) is 0 Å². The monoisotopic (exact) mass is 333 g/mol. The lowest BCUT2D eigenvalue weighted by molar-refractivity contribution is -0.132. The highest BCUT2D eigenvalue weighted by atomic mass is 127. The van der Waals surface area contributed by atoms with Gasteiger partial charge in [0.15, 0.2) is 5.71 Å². The molecule has 0 bridgehead atoms. The zero-order valence-corrected chi connectivity index (χ0v) is 11.2. The standard InChI is InChI=1S/C11H12INO3/c1-15-11(14)10(13-16-2)9-6-4-3-5-8(9)7-12/h3-6H,7H2,1-2H3. The molecule has 0 aliphatic heterocycles. The van der Waals surface area contributed by atoms with Crippen molar-refractivity contribution in [2.75, 3.05) is 14.2 Å². The van der Waals surface area contributed by atoms with E-state index in [1.54, 1.807) is 0 Å². The molecule has 0 aliphatic rings. The highest BCUT2D eigenvalue weighted by molar-refractivity contribution is 14.1. The van der Waals surface area contributed by atoms with Crippen molar-refractivity contribution in [3.8, 4) is 0 Å². The van der Waals surface area contributed by atoms with Crippen LogP contribution in [-0.2, 0) is 18.8 Å². The second kappa shape index (κ2) is 6.47. The molecule has 0 saturated carbocycles. The lowest BCUT2D eigenvalue weighted by Crippen LogP contribution is -2.19. The third kappa shape index (κ3) is 2.94. The summed E-state index contributed by atoms with van der Waals surface area (Å²) in [6.07, 6.45) is 0. The second-order valence-corrected chi connectivity index (χ2v) is 3.67. The van der Waals surface area contributed by atoms with Gasteiger partial charge in [0.25, 0.3) is 0 Å².